The number of rotatable bonds is 3. The largest absolute Gasteiger partial charge is 0.394 e. The molecular weight excluding hydrogens is 242 g/mol. The van der Waals surface area contributed by atoms with Gasteiger partial charge in [-0.1, -0.05) is 12.1 Å². The molecule has 1 fully saturated rings. The molecule has 19 heavy (non-hydrogen) atoms. The highest BCUT2D eigenvalue weighted by Gasteiger charge is 2.32. The van der Waals surface area contributed by atoms with Gasteiger partial charge in [0.1, 0.15) is 5.82 Å². The van der Waals surface area contributed by atoms with Crippen LogP contribution in [0.1, 0.15) is 6.42 Å². The summed E-state index contributed by atoms with van der Waals surface area (Å²) in [5.74, 6) is 0.803. The summed E-state index contributed by atoms with van der Waals surface area (Å²) in [6, 6.07) is 7.85. The third-order valence-corrected chi connectivity index (χ3v) is 3.65. The van der Waals surface area contributed by atoms with Gasteiger partial charge in [0.25, 0.3) is 0 Å². The van der Waals surface area contributed by atoms with E-state index in [4.69, 9.17) is 4.74 Å². The van der Waals surface area contributed by atoms with E-state index in [1.807, 2.05) is 24.3 Å². The van der Waals surface area contributed by atoms with Crippen molar-refractivity contribution in [1.82, 2.24) is 9.97 Å². The van der Waals surface area contributed by atoms with Crippen LogP contribution in [0, 0.1) is 0 Å². The molecule has 1 aliphatic heterocycles. The maximum atomic E-state index is 9.48. The molecule has 1 saturated heterocycles. The number of anilines is 1. The van der Waals surface area contributed by atoms with Crippen LogP contribution < -0.4 is 4.90 Å². The zero-order chi connectivity index (χ0) is 13.2. The number of ether oxygens (including phenoxy) is 1. The normalized spacial score (nSPS) is 23.2. The average Bonchev–Trinajstić information content (AvgIpc) is 2.90. The Hall–Kier alpha value is -1.72. The van der Waals surface area contributed by atoms with Crippen LogP contribution in [0.2, 0.25) is 0 Å². The van der Waals surface area contributed by atoms with Crippen molar-refractivity contribution in [1.29, 1.82) is 0 Å². The number of aliphatic hydroxyl groups is 1. The fourth-order valence-electron chi connectivity index (χ4n) is 2.58. The number of benzene rings is 1. The van der Waals surface area contributed by atoms with Crippen LogP contribution in [0.3, 0.4) is 0 Å². The second-order valence-corrected chi connectivity index (χ2v) is 4.80. The minimum absolute atomic E-state index is 0.0559. The van der Waals surface area contributed by atoms with Crippen LogP contribution in [-0.4, -0.2) is 47.5 Å². The highest BCUT2D eigenvalue weighted by Crippen LogP contribution is 2.26. The second-order valence-electron chi connectivity index (χ2n) is 4.80. The summed E-state index contributed by atoms with van der Waals surface area (Å²) in [6.07, 6.45) is 2.73. The molecule has 0 aliphatic carbocycles. The maximum absolute atomic E-state index is 9.48. The van der Waals surface area contributed by atoms with Crippen molar-refractivity contribution >= 4 is 16.9 Å². The van der Waals surface area contributed by atoms with Crippen LogP contribution in [-0.2, 0) is 4.74 Å². The van der Waals surface area contributed by atoms with Gasteiger partial charge in [0.05, 0.1) is 36.0 Å². The predicted molar refractivity (Wildman–Crippen MR) is 73.2 cm³/mol. The number of aliphatic hydroxyl groups excluding tert-OH is 1. The van der Waals surface area contributed by atoms with Gasteiger partial charge in [0, 0.05) is 13.7 Å². The molecule has 2 aromatic rings. The number of methoxy groups -OCH3 is 1. The SMILES string of the molecule is CO[C@H]1C[C@@H](CO)N(c2cnc3ccccc3n2)C1. The van der Waals surface area contributed by atoms with Crippen LogP contribution in [0.5, 0.6) is 0 Å². The lowest BCUT2D eigenvalue weighted by atomic mass is 10.2. The molecule has 1 aromatic heterocycles. The van der Waals surface area contributed by atoms with E-state index in [9.17, 15) is 5.11 Å². The average molecular weight is 259 g/mol. The van der Waals surface area contributed by atoms with E-state index in [0.29, 0.717) is 0 Å². The summed E-state index contributed by atoms with van der Waals surface area (Å²) in [5.41, 5.74) is 1.76. The van der Waals surface area contributed by atoms with Crippen LogP contribution in [0.15, 0.2) is 30.5 Å². The molecule has 1 aromatic carbocycles. The van der Waals surface area contributed by atoms with Crippen LogP contribution >= 0.6 is 0 Å². The minimum Gasteiger partial charge on any atom is -0.394 e. The lowest BCUT2D eigenvalue weighted by Gasteiger charge is -2.23. The summed E-state index contributed by atoms with van der Waals surface area (Å²) in [4.78, 5) is 11.1. The summed E-state index contributed by atoms with van der Waals surface area (Å²) in [7, 11) is 1.70. The van der Waals surface area contributed by atoms with Crippen molar-refractivity contribution in [2.45, 2.75) is 18.6 Å². The molecule has 2 heterocycles. The van der Waals surface area contributed by atoms with Gasteiger partial charge in [-0.05, 0) is 18.6 Å². The van der Waals surface area contributed by atoms with E-state index in [1.165, 1.54) is 0 Å². The van der Waals surface area contributed by atoms with Crippen molar-refractivity contribution < 1.29 is 9.84 Å². The highest BCUT2D eigenvalue weighted by molar-refractivity contribution is 5.75. The Morgan fingerprint density at radius 3 is 2.89 bits per heavy atom. The zero-order valence-electron chi connectivity index (χ0n) is 10.9. The number of aromatic nitrogens is 2. The Bertz CT molecular complexity index is 575. The molecule has 5 nitrogen and oxygen atoms in total. The first-order chi connectivity index (χ1) is 9.31. The van der Waals surface area contributed by atoms with E-state index in [1.54, 1.807) is 13.3 Å². The van der Waals surface area contributed by atoms with Gasteiger partial charge in [-0.25, -0.2) is 4.98 Å². The third-order valence-electron chi connectivity index (χ3n) is 3.65. The lowest BCUT2D eigenvalue weighted by Crippen LogP contribution is -2.33. The zero-order valence-corrected chi connectivity index (χ0v) is 10.9. The summed E-state index contributed by atoms with van der Waals surface area (Å²) in [5, 5.41) is 9.48. The molecule has 3 rings (SSSR count). The number of hydrogen-bond donors (Lipinski definition) is 1. The van der Waals surface area contributed by atoms with E-state index < -0.39 is 0 Å². The van der Waals surface area contributed by atoms with Gasteiger partial charge >= 0.3 is 0 Å². The molecule has 100 valence electrons. The minimum atomic E-state index is 0.0559. The molecule has 1 aliphatic rings. The van der Waals surface area contributed by atoms with Crippen molar-refractivity contribution in [3.05, 3.63) is 30.5 Å². The topological polar surface area (TPSA) is 58.5 Å². The molecule has 0 spiro atoms. The first-order valence-electron chi connectivity index (χ1n) is 6.44. The molecular formula is C14H17N3O2. The monoisotopic (exact) mass is 259 g/mol. The molecule has 2 atom stereocenters. The van der Waals surface area contributed by atoms with E-state index in [-0.39, 0.29) is 18.8 Å². The fourth-order valence-corrected chi connectivity index (χ4v) is 2.58. The third kappa shape index (κ3) is 2.27. The fraction of sp³-hybridized carbons (Fsp3) is 0.429. The molecule has 0 bridgehead atoms. The molecule has 0 amide bonds. The van der Waals surface area contributed by atoms with Gasteiger partial charge in [0.15, 0.2) is 0 Å². The Morgan fingerprint density at radius 1 is 1.37 bits per heavy atom. The summed E-state index contributed by atoms with van der Waals surface area (Å²) < 4.78 is 5.38. The predicted octanol–water partition coefficient (Wildman–Crippen LogP) is 1.22. The Morgan fingerprint density at radius 2 is 2.16 bits per heavy atom. The first kappa shape index (κ1) is 12.3. The van der Waals surface area contributed by atoms with Crippen LogP contribution in [0.4, 0.5) is 5.82 Å². The number of fused-ring (bicyclic) bond motifs is 1. The van der Waals surface area contributed by atoms with Gasteiger partial charge in [-0.2, -0.15) is 0 Å². The van der Waals surface area contributed by atoms with E-state index in [2.05, 4.69) is 14.9 Å². The van der Waals surface area contributed by atoms with E-state index in [0.717, 1.165) is 29.8 Å². The van der Waals surface area contributed by atoms with Crippen molar-refractivity contribution in [2.24, 2.45) is 0 Å². The molecule has 1 N–H and O–H groups in total. The Balaban J connectivity index is 1.94. The van der Waals surface area contributed by atoms with Crippen molar-refractivity contribution in [3.63, 3.8) is 0 Å². The van der Waals surface area contributed by atoms with Gasteiger partial charge < -0.3 is 14.7 Å². The molecule has 0 unspecified atom stereocenters. The molecule has 5 heteroatoms. The molecule has 0 radical (unpaired) electrons. The number of para-hydroxylation sites is 2. The Labute approximate surface area is 111 Å². The molecule has 0 saturated carbocycles. The summed E-state index contributed by atoms with van der Waals surface area (Å²) >= 11 is 0. The number of hydrogen-bond acceptors (Lipinski definition) is 5. The van der Waals surface area contributed by atoms with Gasteiger partial charge in [-0.15, -0.1) is 0 Å². The number of nitrogens with zero attached hydrogens (tertiary/aromatic N) is 3. The van der Waals surface area contributed by atoms with Crippen LogP contribution in [0.25, 0.3) is 11.0 Å². The van der Waals surface area contributed by atoms with Crippen molar-refractivity contribution in [2.75, 3.05) is 25.2 Å². The standard InChI is InChI=1S/C14H17N3O2/c1-19-11-6-10(9-18)17(8-11)14-7-15-12-4-2-3-5-13(12)16-14/h2-5,7,10-11,18H,6,8-9H2,1H3/t10-,11-/m0/s1. The van der Waals surface area contributed by atoms with Gasteiger partial charge in [-0.3, -0.25) is 4.98 Å². The van der Waals surface area contributed by atoms with Gasteiger partial charge in [0.2, 0.25) is 0 Å². The summed E-state index contributed by atoms with van der Waals surface area (Å²) in [6.45, 7) is 0.850. The quantitative estimate of drug-likeness (QED) is 0.898. The highest BCUT2D eigenvalue weighted by atomic mass is 16.5. The first-order valence-corrected chi connectivity index (χ1v) is 6.44. The Kier molecular flexibility index (Phi) is 3.31. The second kappa shape index (κ2) is 5.11. The smallest absolute Gasteiger partial charge is 0.148 e. The van der Waals surface area contributed by atoms with Crippen molar-refractivity contribution in [3.8, 4) is 0 Å². The maximum Gasteiger partial charge on any atom is 0.148 e. The van der Waals surface area contributed by atoms with E-state index >= 15 is 0 Å². The lowest BCUT2D eigenvalue weighted by molar-refractivity contribution is 0.115.